The van der Waals surface area contributed by atoms with Gasteiger partial charge in [0.2, 0.25) is 0 Å². The number of carbonyl (C=O) groups is 1. The number of anilines is 1. The minimum absolute atomic E-state index is 0.142. The quantitative estimate of drug-likeness (QED) is 0.840. The zero-order valence-electron chi connectivity index (χ0n) is 14.1. The number of piperidine rings is 1. The predicted octanol–water partition coefficient (Wildman–Crippen LogP) is 3.03. The van der Waals surface area contributed by atoms with Crippen molar-refractivity contribution in [3.63, 3.8) is 0 Å². The van der Waals surface area contributed by atoms with E-state index in [0.29, 0.717) is 19.7 Å². The van der Waals surface area contributed by atoms with Gasteiger partial charge in [-0.15, -0.1) is 0 Å². The first-order valence-corrected chi connectivity index (χ1v) is 8.33. The molecule has 2 amide bonds. The van der Waals surface area contributed by atoms with Crippen molar-refractivity contribution in [2.24, 2.45) is 0 Å². The molecule has 1 spiro atoms. The number of hydrogen-bond donors (Lipinski definition) is 1. The van der Waals surface area contributed by atoms with Gasteiger partial charge in [0.25, 0.3) is 0 Å². The van der Waals surface area contributed by atoms with Crippen LogP contribution in [0.1, 0.15) is 18.4 Å². The summed E-state index contributed by atoms with van der Waals surface area (Å²) in [5.74, 6) is 0. The largest absolute Gasteiger partial charge is 0.416 e. The van der Waals surface area contributed by atoms with Crippen molar-refractivity contribution in [1.82, 2.24) is 9.80 Å². The number of carbonyl (C=O) groups excluding carboxylic acids is 1. The number of rotatable bonds is 1. The fourth-order valence-corrected chi connectivity index (χ4v) is 3.32. The highest BCUT2D eigenvalue weighted by molar-refractivity contribution is 5.89. The molecule has 1 aromatic carbocycles. The monoisotopic (exact) mass is 357 g/mol. The Labute approximate surface area is 144 Å². The van der Waals surface area contributed by atoms with Crippen LogP contribution in [0, 0.1) is 0 Å². The van der Waals surface area contributed by atoms with E-state index < -0.39 is 11.7 Å². The number of likely N-dealkylation sites (tertiary alicyclic amines) is 1. The van der Waals surface area contributed by atoms with Gasteiger partial charge in [-0.2, -0.15) is 13.2 Å². The lowest BCUT2D eigenvalue weighted by Crippen LogP contribution is -2.58. The van der Waals surface area contributed by atoms with E-state index in [2.05, 4.69) is 10.2 Å². The summed E-state index contributed by atoms with van der Waals surface area (Å²) in [6, 6.07) is 4.29. The van der Waals surface area contributed by atoms with E-state index in [1.54, 1.807) is 4.90 Å². The third kappa shape index (κ3) is 4.24. The van der Waals surface area contributed by atoms with E-state index in [1.165, 1.54) is 12.1 Å². The maximum absolute atomic E-state index is 12.8. The molecule has 1 aromatic rings. The molecule has 2 heterocycles. The van der Waals surface area contributed by atoms with Gasteiger partial charge in [0.15, 0.2) is 0 Å². The van der Waals surface area contributed by atoms with Crippen LogP contribution in [0.25, 0.3) is 0 Å². The maximum atomic E-state index is 12.8. The number of ether oxygens (including phenoxy) is 1. The molecule has 0 aromatic heterocycles. The summed E-state index contributed by atoms with van der Waals surface area (Å²) in [6.07, 6.45) is -2.74. The first-order valence-electron chi connectivity index (χ1n) is 8.33. The zero-order valence-corrected chi connectivity index (χ0v) is 14.1. The molecule has 5 nitrogen and oxygen atoms in total. The summed E-state index contributed by atoms with van der Waals surface area (Å²) < 4.78 is 44.3. The van der Waals surface area contributed by atoms with Gasteiger partial charge in [0.05, 0.1) is 24.3 Å². The fourth-order valence-electron chi connectivity index (χ4n) is 3.32. The van der Waals surface area contributed by atoms with E-state index in [0.717, 1.165) is 38.1 Å². The third-order valence-corrected chi connectivity index (χ3v) is 4.88. The van der Waals surface area contributed by atoms with E-state index in [-0.39, 0.29) is 17.3 Å². The molecule has 0 bridgehead atoms. The molecule has 0 saturated carbocycles. The summed E-state index contributed by atoms with van der Waals surface area (Å²) in [7, 11) is 2.05. The zero-order chi connectivity index (χ0) is 18.1. The molecule has 2 saturated heterocycles. The molecule has 2 aliphatic rings. The lowest BCUT2D eigenvalue weighted by molar-refractivity contribution is -0.137. The predicted molar refractivity (Wildman–Crippen MR) is 87.4 cm³/mol. The minimum atomic E-state index is -4.43. The van der Waals surface area contributed by atoms with Crippen molar-refractivity contribution in [3.8, 4) is 0 Å². The van der Waals surface area contributed by atoms with Crippen LogP contribution < -0.4 is 5.32 Å². The maximum Gasteiger partial charge on any atom is 0.416 e. The molecule has 0 unspecified atom stereocenters. The summed E-state index contributed by atoms with van der Waals surface area (Å²) in [4.78, 5) is 16.3. The van der Waals surface area contributed by atoms with Crippen LogP contribution in [-0.2, 0) is 10.9 Å². The summed E-state index contributed by atoms with van der Waals surface area (Å²) in [5.41, 5.74) is -0.974. The van der Waals surface area contributed by atoms with Crippen LogP contribution in [0.15, 0.2) is 24.3 Å². The standard InChI is InChI=1S/C17H22F3N3O2/c1-22-7-5-16(6-8-22)12-23(9-10-25-16)15(24)21-14-4-2-3-13(11-14)17(18,19)20/h2-4,11H,5-10,12H2,1H3,(H,21,24). The molecule has 25 heavy (non-hydrogen) atoms. The van der Waals surface area contributed by atoms with Crippen molar-refractivity contribution in [2.45, 2.75) is 24.6 Å². The Balaban J connectivity index is 1.65. The number of amides is 2. The van der Waals surface area contributed by atoms with Crippen molar-refractivity contribution >= 4 is 11.7 Å². The van der Waals surface area contributed by atoms with Crippen LogP contribution >= 0.6 is 0 Å². The average Bonchev–Trinajstić information content (AvgIpc) is 2.57. The van der Waals surface area contributed by atoms with E-state index >= 15 is 0 Å². The van der Waals surface area contributed by atoms with Crippen molar-refractivity contribution in [2.75, 3.05) is 45.2 Å². The van der Waals surface area contributed by atoms with Crippen LogP contribution in [0.2, 0.25) is 0 Å². The Morgan fingerprint density at radius 1 is 1.24 bits per heavy atom. The number of halogens is 3. The molecule has 0 atom stereocenters. The van der Waals surface area contributed by atoms with Gasteiger partial charge in [0, 0.05) is 25.3 Å². The fraction of sp³-hybridized carbons (Fsp3) is 0.588. The smallest absolute Gasteiger partial charge is 0.371 e. The molecule has 0 radical (unpaired) electrons. The second-order valence-electron chi connectivity index (χ2n) is 6.77. The van der Waals surface area contributed by atoms with E-state index in [1.807, 2.05) is 7.05 Å². The van der Waals surface area contributed by atoms with Gasteiger partial charge >= 0.3 is 12.2 Å². The summed E-state index contributed by atoms with van der Waals surface area (Å²) in [5, 5.41) is 2.58. The van der Waals surface area contributed by atoms with Gasteiger partial charge in [-0.05, 0) is 38.1 Å². The molecule has 2 fully saturated rings. The molecule has 1 N–H and O–H groups in total. The van der Waals surface area contributed by atoms with Gasteiger partial charge in [-0.3, -0.25) is 0 Å². The molecule has 2 aliphatic heterocycles. The van der Waals surface area contributed by atoms with Gasteiger partial charge < -0.3 is 19.9 Å². The number of nitrogens with one attached hydrogen (secondary N) is 1. The lowest BCUT2D eigenvalue weighted by Gasteiger charge is -2.46. The van der Waals surface area contributed by atoms with Gasteiger partial charge in [0.1, 0.15) is 0 Å². The third-order valence-electron chi connectivity index (χ3n) is 4.88. The van der Waals surface area contributed by atoms with Crippen molar-refractivity contribution in [1.29, 1.82) is 0 Å². The number of urea groups is 1. The van der Waals surface area contributed by atoms with E-state index in [9.17, 15) is 18.0 Å². The van der Waals surface area contributed by atoms with Crippen molar-refractivity contribution in [3.05, 3.63) is 29.8 Å². The molecule has 0 aliphatic carbocycles. The normalized spacial score (nSPS) is 21.4. The molecule has 3 rings (SSSR count). The second-order valence-corrected chi connectivity index (χ2v) is 6.77. The highest BCUT2D eigenvalue weighted by Gasteiger charge is 2.40. The number of alkyl halides is 3. The summed E-state index contributed by atoms with van der Waals surface area (Å²) >= 11 is 0. The number of nitrogens with zero attached hydrogens (tertiary/aromatic N) is 2. The number of morpholine rings is 1. The first kappa shape index (κ1) is 18.0. The Morgan fingerprint density at radius 2 is 1.96 bits per heavy atom. The van der Waals surface area contributed by atoms with Gasteiger partial charge in [-0.1, -0.05) is 6.07 Å². The lowest BCUT2D eigenvalue weighted by atomic mass is 9.89. The van der Waals surface area contributed by atoms with Crippen LogP contribution in [0.4, 0.5) is 23.7 Å². The Morgan fingerprint density at radius 3 is 2.64 bits per heavy atom. The molecular formula is C17H22F3N3O2. The SMILES string of the molecule is CN1CCC2(CC1)CN(C(=O)Nc1cccc(C(F)(F)F)c1)CCO2. The van der Waals surface area contributed by atoms with Crippen LogP contribution in [-0.4, -0.2) is 61.3 Å². The Kier molecular flexibility index (Phi) is 4.92. The van der Waals surface area contributed by atoms with Crippen LogP contribution in [0.5, 0.6) is 0 Å². The Hall–Kier alpha value is -1.80. The molecule has 138 valence electrons. The Bertz CT molecular complexity index is 628. The van der Waals surface area contributed by atoms with Crippen LogP contribution in [0.3, 0.4) is 0 Å². The van der Waals surface area contributed by atoms with E-state index in [4.69, 9.17) is 4.74 Å². The average molecular weight is 357 g/mol. The summed E-state index contributed by atoms with van der Waals surface area (Å²) in [6.45, 7) is 3.15. The highest BCUT2D eigenvalue weighted by Crippen LogP contribution is 2.32. The first-order chi connectivity index (χ1) is 11.8. The molecular weight excluding hydrogens is 335 g/mol. The molecule has 8 heteroatoms. The number of hydrogen-bond acceptors (Lipinski definition) is 3. The number of benzene rings is 1. The second kappa shape index (κ2) is 6.84. The topological polar surface area (TPSA) is 44.8 Å². The highest BCUT2D eigenvalue weighted by atomic mass is 19.4. The van der Waals surface area contributed by atoms with Gasteiger partial charge in [-0.25, -0.2) is 4.79 Å². The minimum Gasteiger partial charge on any atom is -0.371 e. The van der Waals surface area contributed by atoms with Crippen molar-refractivity contribution < 1.29 is 22.7 Å².